The maximum absolute atomic E-state index is 11.2. The van der Waals surface area contributed by atoms with Gasteiger partial charge in [0, 0.05) is 7.05 Å². The Kier molecular flexibility index (Phi) is 3.65. The molecule has 1 heterocycles. The topological polar surface area (TPSA) is 95.1 Å². The minimum atomic E-state index is -0.606. The van der Waals surface area contributed by atoms with Crippen LogP contribution in [0.5, 0.6) is 5.75 Å². The number of primary amides is 1. The largest absolute Gasteiger partial charge is 0.497 e. The SMILES string of the molecule is CNc1c(C(N)=O)nnn1Cc1ccc(OC)cc1. The number of aromatic nitrogens is 3. The molecular formula is C12H15N5O2. The molecule has 19 heavy (non-hydrogen) atoms. The predicted octanol–water partition coefficient (Wildman–Crippen LogP) is 0.476. The number of rotatable bonds is 5. The van der Waals surface area contributed by atoms with Crippen LogP contribution in [0.2, 0.25) is 0 Å². The first-order valence-electron chi connectivity index (χ1n) is 5.69. The van der Waals surface area contributed by atoms with E-state index in [1.54, 1.807) is 18.8 Å². The van der Waals surface area contributed by atoms with E-state index in [2.05, 4.69) is 15.6 Å². The number of carbonyl (C=O) groups is 1. The van der Waals surface area contributed by atoms with Crippen LogP contribution < -0.4 is 15.8 Å². The number of carbonyl (C=O) groups excluding carboxylic acids is 1. The standard InChI is InChI=1S/C12H15N5O2/c1-14-12-10(11(13)18)15-16-17(12)7-8-3-5-9(19-2)6-4-8/h3-6,14H,7H2,1-2H3,(H2,13,18). The van der Waals surface area contributed by atoms with Gasteiger partial charge in [0.15, 0.2) is 11.5 Å². The third-order valence-electron chi connectivity index (χ3n) is 2.70. The number of benzene rings is 1. The molecule has 1 aromatic carbocycles. The first-order valence-corrected chi connectivity index (χ1v) is 5.69. The van der Waals surface area contributed by atoms with E-state index in [4.69, 9.17) is 10.5 Å². The van der Waals surface area contributed by atoms with Gasteiger partial charge in [-0.1, -0.05) is 17.3 Å². The van der Waals surface area contributed by atoms with Crippen LogP contribution in [0, 0.1) is 0 Å². The number of nitrogens with zero attached hydrogens (tertiary/aromatic N) is 3. The number of amides is 1. The molecule has 1 amide bonds. The molecular weight excluding hydrogens is 246 g/mol. The molecule has 2 aromatic rings. The summed E-state index contributed by atoms with van der Waals surface area (Å²) in [7, 11) is 3.31. The zero-order chi connectivity index (χ0) is 13.8. The van der Waals surface area contributed by atoms with Gasteiger partial charge in [-0.25, -0.2) is 4.68 Å². The Bertz CT molecular complexity index is 576. The highest BCUT2D eigenvalue weighted by Gasteiger charge is 2.16. The van der Waals surface area contributed by atoms with E-state index in [-0.39, 0.29) is 5.69 Å². The molecule has 0 saturated heterocycles. The van der Waals surface area contributed by atoms with Crippen molar-refractivity contribution in [2.45, 2.75) is 6.54 Å². The Morgan fingerprint density at radius 1 is 1.42 bits per heavy atom. The first kappa shape index (κ1) is 12.9. The maximum atomic E-state index is 11.2. The average molecular weight is 261 g/mol. The van der Waals surface area contributed by atoms with Crippen molar-refractivity contribution in [3.63, 3.8) is 0 Å². The van der Waals surface area contributed by atoms with Gasteiger partial charge in [0.05, 0.1) is 13.7 Å². The molecule has 7 nitrogen and oxygen atoms in total. The summed E-state index contributed by atoms with van der Waals surface area (Å²) in [6.45, 7) is 0.487. The van der Waals surface area contributed by atoms with Gasteiger partial charge < -0.3 is 15.8 Å². The molecule has 0 unspecified atom stereocenters. The number of nitrogens with one attached hydrogen (secondary N) is 1. The lowest BCUT2D eigenvalue weighted by Crippen LogP contribution is -2.15. The summed E-state index contributed by atoms with van der Waals surface area (Å²) in [4.78, 5) is 11.2. The molecule has 7 heteroatoms. The molecule has 0 aliphatic carbocycles. The van der Waals surface area contributed by atoms with Crippen LogP contribution in [0.4, 0.5) is 5.82 Å². The zero-order valence-corrected chi connectivity index (χ0v) is 10.8. The Labute approximate surface area is 110 Å². The van der Waals surface area contributed by atoms with E-state index < -0.39 is 5.91 Å². The lowest BCUT2D eigenvalue weighted by molar-refractivity contribution is 0.0996. The van der Waals surface area contributed by atoms with Crippen molar-refractivity contribution >= 4 is 11.7 Å². The van der Waals surface area contributed by atoms with E-state index in [0.717, 1.165) is 11.3 Å². The second-order valence-electron chi connectivity index (χ2n) is 3.91. The second kappa shape index (κ2) is 5.38. The van der Waals surface area contributed by atoms with Crippen LogP contribution in [0.1, 0.15) is 16.1 Å². The highest BCUT2D eigenvalue weighted by atomic mass is 16.5. The minimum absolute atomic E-state index is 0.135. The molecule has 2 rings (SSSR count). The second-order valence-corrected chi connectivity index (χ2v) is 3.91. The van der Waals surface area contributed by atoms with Crippen molar-refractivity contribution < 1.29 is 9.53 Å². The molecule has 3 N–H and O–H groups in total. The summed E-state index contributed by atoms with van der Waals surface area (Å²) in [6, 6.07) is 7.56. The molecule has 0 fully saturated rings. The molecule has 0 spiro atoms. The lowest BCUT2D eigenvalue weighted by Gasteiger charge is -2.07. The summed E-state index contributed by atoms with van der Waals surface area (Å²) in [6.07, 6.45) is 0. The monoisotopic (exact) mass is 261 g/mol. The number of nitrogens with two attached hydrogens (primary N) is 1. The molecule has 100 valence electrons. The fourth-order valence-electron chi connectivity index (χ4n) is 1.74. The van der Waals surface area contributed by atoms with Crippen LogP contribution >= 0.6 is 0 Å². The van der Waals surface area contributed by atoms with Crippen LogP contribution in [0.25, 0.3) is 0 Å². The van der Waals surface area contributed by atoms with E-state index in [9.17, 15) is 4.79 Å². The van der Waals surface area contributed by atoms with Gasteiger partial charge in [-0.15, -0.1) is 5.10 Å². The van der Waals surface area contributed by atoms with E-state index >= 15 is 0 Å². The number of ether oxygens (including phenoxy) is 1. The smallest absolute Gasteiger partial charge is 0.273 e. The number of anilines is 1. The maximum Gasteiger partial charge on any atom is 0.273 e. The molecule has 0 radical (unpaired) electrons. The van der Waals surface area contributed by atoms with E-state index in [0.29, 0.717) is 12.4 Å². The van der Waals surface area contributed by atoms with Gasteiger partial charge in [-0.2, -0.15) is 0 Å². The molecule has 0 atom stereocenters. The summed E-state index contributed by atoms with van der Waals surface area (Å²) in [5.41, 5.74) is 6.37. The van der Waals surface area contributed by atoms with Crippen molar-refractivity contribution in [1.29, 1.82) is 0 Å². The van der Waals surface area contributed by atoms with Gasteiger partial charge >= 0.3 is 0 Å². The Hall–Kier alpha value is -2.57. The number of hydrogen-bond donors (Lipinski definition) is 2. The van der Waals surface area contributed by atoms with Gasteiger partial charge in [-0.05, 0) is 17.7 Å². The quantitative estimate of drug-likeness (QED) is 0.816. The summed E-state index contributed by atoms with van der Waals surface area (Å²) in [5, 5.41) is 10.6. The minimum Gasteiger partial charge on any atom is -0.497 e. The number of hydrogen-bond acceptors (Lipinski definition) is 5. The normalized spacial score (nSPS) is 10.2. The third-order valence-corrected chi connectivity index (χ3v) is 2.70. The zero-order valence-electron chi connectivity index (χ0n) is 10.8. The van der Waals surface area contributed by atoms with Gasteiger partial charge in [0.2, 0.25) is 0 Å². The van der Waals surface area contributed by atoms with Gasteiger partial charge in [0.1, 0.15) is 5.75 Å². The average Bonchev–Trinajstić information content (AvgIpc) is 2.82. The number of methoxy groups -OCH3 is 1. The van der Waals surface area contributed by atoms with Crippen molar-refractivity contribution in [2.24, 2.45) is 5.73 Å². The van der Waals surface area contributed by atoms with Gasteiger partial charge in [-0.3, -0.25) is 4.79 Å². The van der Waals surface area contributed by atoms with E-state index in [1.165, 1.54) is 0 Å². The first-order chi connectivity index (χ1) is 9.15. The Morgan fingerprint density at radius 3 is 2.63 bits per heavy atom. The Balaban J connectivity index is 2.25. The molecule has 1 aromatic heterocycles. The Morgan fingerprint density at radius 2 is 2.11 bits per heavy atom. The summed E-state index contributed by atoms with van der Waals surface area (Å²) >= 11 is 0. The third kappa shape index (κ3) is 2.65. The van der Waals surface area contributed by atoms with Crippen LogP contribution in [-0.4, -0.2) is 35.1 Å². The predicted molar refractivity (Wildman–Crippen MR) is 70.2 cm³/mol. The highest BCUT2D eigenvalue weighted by Crippen LogP contribution is 2.16. The molecule has 0 aliphatic rings. The molecule has 0 saturated carbocycles. The lowest BCUT2D eigenvalue weighted by atomic mass is 10.2. The molecule has 0 bridgehead atoms. The van der Waals surface area contributed by atoms with Crippen molar-refractivity contribution in [1.82, 2.24) is 15.0 Å². The van der Waals surface area contributed by atoms with Gasteiger partial charge in [0.25, 0.3) is 5.91 Å². The van der Waals surface area contributed by atoms with E-state index in [1.807, 2.05) is 24.3 Å². The summed E-state index contributed by atoms with van der Waals surface area (Å²) in [5.74, 6) is 0.683. The summed E-state index contributed by atoms with van der Waals surface area (Å²) < 4.78 is 6.68. The van der Waals surface area contributed by atoms with Crippen LogP contribution in [0.15, 0.2) is 24.3 Å². The molecule has 0 aliphatic heterocycles. The van der Waals surface area contributed by atoms with Crippen molar-refractivity contribution in [2.75, 3.05) is 19.5 Å². The highest BCUT2D eigenvalue weighted by molar-refractivity contribution is 5.95. The fraction of sp³-hybridized carbons (Fsp3) is 0.250. The van der Waals surface area contributed by atoms with Crippen molar-refractivity contribution in [3.8, 4) is 5.75 Å². The van der Waals surface area contributed by atoms with Crippen LogP contribution in [0.3, 0.4) is 0 Å². The van der Waals surface area contributed by atoms with Crippen molar-refractivity contribution in [3.05, 3.63) is 35.5 Å². The fourth-order valence-corrected chi connectivity index (χ4v) is 1.74. The van der Waals surface area contributed by atoms with Crippen LogP contribution in [-0.2, 0) is 6.54 Å².